The topological polar surface area (TPSA) is 83.8 Å². The highest BCUT2D eigenvalue weighted by Gasteiger charge is 2.33. The van der Waals surface area contributed by atoms with Gasteiger partial charge in [-0.2, -0.15) is 18.3 Å². The Bertz CT molecular complexity index is 653. The number of anilines is 2. The highest BCUT2D eigenvalue weighted by atomic mass is 35.5. The van der Waals surface area contributed by atoms with Crippen molar-refractivity contribution in [2.45, 2.75) is 6.18 Å². The molecule has 0 aliphatic heterocycles. The van der Waals surface area contributed by atoms with Crippen LogP contribution in [0.4, 0.5) is 24.7 Å². The molecule has 0 unspecified atom stereocenters. The van der Waals surface area contributed by atoms with Gasteiger partial charge in [-0.15, -0.1) is 0 Å². The second-order valence-corrected chi connectivity index (χ2v) is 4.25. The Morgan fingerprint density at radius 3 is 2.65 bits per heavy atom. The fourth-order valence-corrected chi connectivity index (χ4v) is 1.72. The van der Waals surface area contributed by atoms with Crippen molar-refractivity contribution in [2.24, 2.45) is 0 Å². The summed E-state index contributed by atoms with van der Waals surface area (Å²) in [7, 11) is 0. The molecule has 0 saturated carbocycles. The maximum Gasteiger partial charge on any atom is 0.417 e. The molecule has 0 bridgehead atoms. The summed E-state index contributed by atoms with van der Waals surface area (Å²) in [5.74, 6) is -0.654. The number of amides is 1. The zero-order chi connectivity index (χ0) is 14.9. The van der Waals surface area contributed by atoms with Crippen LogP contribution in [-0.2, 0) is 6.18 Å². The standard InChI is InChI=1S/C11H8ClF3N4O/c12-8-2-1-5(3-7(8)11(13,14)15)18-10(20)6-4-17-19-9(6)16/h1-4H,(H,18,20)(H3,16,17,19). The Hall–Kier alpha value is -2.22. The number of nitrogens with two attached hydrogens (primary N) is 1. The summed E-state index contributed by atoms with van der Waals surface area (Å²) >= 11 is 5.47. The van der Waals surface area contributed by atoms with E-state index in [1.165, 1.54) is 12.3 Å². The number of rotatable bonds is 2. The summed E-state index contributed by atoms with van der Waals surface area (Å²) < 4.78 is 38.0. The zero-order valence-corrected chi connectivity index (χ0v) is 10.5. The Kier molecular flexibility index (Phi) is 3.58. The van der Waals surface area contributed by atoms with E-state index in [0.29, 0.717) is 0 Å². The van der Waals surface area contributed by atoms with Crippen molar-refractivity contribution in [1.29, 1.82) is 0 Å². The molecule has 2 aromatic rings. The molecule has 4 N–H and O–H groups in total. The van der Waals surface area contributed by atoms with Gasteiger partial charge < -0.3 is 11.1 Å². The van der Waals surface area contributed by atoms with Crippen LogP contribution in [0.25, 0.3) is 0 Å². The van der Waals surface area contributed by atoms with Gasteiger partial charge in [0, 0.05) is 5.69 Å². The molecule has 1 aromatic carbocycles. The molecule has 2 rings (SSSR count). The Balaban J connectivity index is 2.27. The molecule has 5 nitrogen and oxygen atoms in total. The number of hydrogen-bond donors (Lipinski definition) is 3. The number of hydrogen-bond acceptors (Lipinski definition) is 3. The zero-order valence-electron chi connectivity index (χ0n) is 9.75. The molecule has 1 heterocycles. The normalized spacial score (nSPS) is 11.4. The molecule has 0 spiro atoms. The summed E-state index contributed by atoms with van der Waals surface area (Å²) in [5, 5.41) is 7.73. The van der Waals surface area contributed by atoms with Gasteiger partial charge in [0.15, 0.2) is 0 Å². The molecule has 0 fully saturated rings. The molecular weight excluding hydrogens is 297 g/mol. The molecule has 0 atom stereocenters. The second kappa shape index (κ2) is 5.04. The number of nitrogens with zero attached hydrogens (tertiary/aromatic N) is 1. The van der Waals surface area contributed by atoms with Gasteiger partial charge in [-0.05, 0) is 18.2 Å². The van der Waals surface area contributed by atoms with Crippen LogP contribution in [0, 0.1) is 0 Å². The van der Waals surface area contributed by atoms with Crippen molar-refractivity contribution >= 4 is 29.0 Å². The first-order valence-corrected chi connectivity index (χ1v) is 5.64. The van der Waals surface area contributed by atoms with Crippen LogP contribution >= 0.6 is 11.6 Å². The maximum atomic E-state index is 12.7. The number of benzene rings is 1. The predicted molar refractivity (Wildman–Crippen MR) is 67.4 cm³/mol. The Morgan fingerprint density at radius 1 is 1.40 bits per heavy atom. The van der Waals surface area contributed by atoms with Crippen molar-refractivity contribution in [3.05, 3.63) is 40.5 Å². The highest BCUT2D eigenvalue weighted by molar-refractivity contribution is 6.31. The first-order valence-electron chi connectivity index (χ1n) is 5.26. The van der Waals surface area contributed by atoms with Gasteiger partial charge in [0.25, 0.3) is 5.91 Å². The van der Waals surface area contributed by atoms with E-state index in [9.17, 15) is 18.0 Å². The maximum absolute atomic E-state index is 12.7. The number of halogens is 4. The number of carbonyl (C=O) groups excluding carboxylic acids is 1. The third-order valence-corrected chi connectivity index (χ3v) is 2.77. The number of nitrogen functional groups attached to an aromatic ring is 1. The molecule has 9 heteroatoms. The van der Waals surface area contributed by atoms with E-state index < -0.39 is 22.7 Å². The quantitative estimate of drug-likeness (QED) is 0.797. The van der Waals surface area contributed by atoms with Gasteiger partial charge in [0.1, 0.15) is 11.4 Å². The van der Waals surface area contributed by atoms with Crippen LogP contribution < -0.4 is 11.1 Å². The molecule has 20 heavy (non-hydrogen) atoms. The van der Waals surface area contributed by atoms with Gasteiger partial charge in [0.2, 0.25) is 0 Å². The molecule has 0 aliphatic carbocycles. The lowest BCUT2D eigenvalue weighted by atomic mass is 10.2. The third kappa shape index (κ3) is 2.85. The first kappa shape index (κ1) is 14.2. The lowest BCUT2D eigenvalue weighted by Crippen LogP contribution is -2.14. The highest BCUT2D eigenvalue weighted by Crippen LogP contribution is 2.36. The van der Waals surface area contributed by atoms with Crippen LogP contribution in [-0.4, -0.2) is 16.1 Å². The van der Waals surface area contributed by atoms with E-state index in [-0.39, 0.29) is 17.1 Å². The number of nitrogens with one attached hydrogen (secondary N) is 2. The smallest absolute Gasteiger partial charge is 0.383 e. The molecule has 0 saturated heterocycles. The summed E-state index contributed by atoms with van der Waals surface area (Å²) in [4.78, 5) is 11.8. The first-order chi connectivity index (χ1) is 9.29. The monoisotopic (exact) mass is 304 g/mol. The number of aromatic amines is 1. The fourth-order valence-electron chi connectivity index (χ4n) is 1.50. The minimum atomic E-state index is -4.60. The van der Waals surface area contributed by atoms with Crippen LogP contribution in [0.3, 0.4) is 0 Å². The van der Waals surface area contributed by atoms with E-state index in [4.69, 9.17) is 17.3 Å². The number of aromatic nitrogens is 2. The minimum Gasteiger partial charge on any atom is -0.383 e. The van der Waals surface area contributed by atoms with E-state index in [1.807, 2.05) is 0 Å². The molecule has 1 amide bonds. The van der Waals surface area contributed by atoms with E-state index in [0.717, 1.165) is 12.1 Å². The number of alkyl halides is 3. The van der Waals surface area contributed by atoms with Crippen molar-refractivity contribution in [2.75, 3.05) is 11.1 Å². The van der Waals surface area contributed by atoms with Crippen molar-refractivity contribution in [1.82, 2.24) is 10.2 Å². The van der Waals surface area contributed by atoms with Gasteiger partial charge >= 0.3 is 6.18 Å². The van der Waals surface area contributed by atoms with Crippen LogP contribution in [0.1, 0.15) is 15.9 Å². The minimum absolute atomic E-state index is 0.0208. The van der Waals surface area contributed by atoms with E-state index in [2.05, 4.69) is 15.5 Å². The predicted octanol–water partition coefficient (Wildman–Crippen LogP) is 2.92. The van der Waals surface area contributed by atoms with Crippen molar-refractivity contribution in [3.8, 4) is 0 Å². The SMILES string of the molecule is Nc1[nH]ncc1C(=O)Nc1ccc(Cl)c(C(F)(F)F)c1. The third-order valence-electron chi connectivity index (χ3n) is 2.44. The second-order valence-electron chi connectivity index (χ2n) is 3.84. The Morgan fingerprint density at radius 2 is 2.10 bits per heavy atom. The van der Waals surface area contributed by atoms with Crippen LogP contribution in [0.5, 0.6) is 0 Å². The van der Waals surface area contributed by atoms with E-state index >= 15 is 0 Å². The molecule has 106 valence electrons. The average Bonchev–Trinajstić information content (AvgIpc) is 2.76. The summed E-state index contributed by atoms with van der Waals surface area (Å²) in [5.41, 5.74) is 4.39. The van der Waals surface area contributed by atoms with Gasteiger partial charge in [-0.3, -0.25) is 9.89 Å². The van der Waals surface area contributed by atoms with Crippen molar-refractivity contribution in [3.63, 3.8) is 0 Å². The largest absolute Gasteiger partial charge is 0.417 e. The Labute approximate surface area is 115 Å². The summed E-state index contributed by atoms with van der Waals surface area (Å²) in [6, 6.07) is 3.06. The number of H-pyrrole nitrogens is 1. The number of carbonyl (C=O) groups is 1. The van der Waals surface area contributed by atoms with Crippen LogP contribution in [0.2, 0.25) is 5.02 Å². The average molecular weight is 305 g/mol. The molecular formula is C11H8ClF3N4O. The summed E-state index contributed by atoms with van der Waals surface area (Å²) in [6.45, 7) is 0. The van der Waals surface area contributed by atoms with Gasteiger partial charge in [-0.1, -0.05) is 11.6 Å². The lowest BCUT2D eigenvalue weighted by Gasteiger charge is -2.11. The van der Waals surface area contributed by atoms with E-state index in [1.54, 1.807) is 0 Å². The van der Waals surface area contributed by atoms with Gasteiger partial charge in [0.05, 0.1) is 16.8 Å². The molecule has 0 radical (unpaired) electrons. The lowest BCUT2D eigenvalue weighted by molar-refractivity contribution is -0.137. The molecule has 1 aromatic heterocycles. The van der Waals surface area contributed by atoms with Crippen LogP contribution in [0.15, 0.2) is 24.4 Å². The summed E-state index contributed by atoms with van der Waals surface area (Å²) in [6.07, 6.45) is -3.43. The fraction of sp³-hybridized carbons (Fsp3) is 0.0909. The molecule has 0 aliphatic rings. The van der Waals surface area contributed by atoms with Gasteiger partial charge in [-0.25, -0.2) is 0 Å². The van der Waals surface area contributed by atoms with Crippen molar-refractivity contribution < 1.29 is 18.0 Å².